The van der Waals surface area contributed by atoms with Crippen LogP contribution >= 0.6 is 15.9 Å². The second-order valence-corrected chi connectivity index (χ2v) is 5.55. The second-order valence-electron chi connectivity index (χ2n) is 4.63. The fourth-order valence-electron chi connectivity index (χ4n) is 2.32. The van der Waals surface area contributed by atoms with Gasteiger partial charge in [0.25, 0.3) is 0 Å². The summed E-state index contributed by atoms with van der Waals surface area (Å²) in [4.78, 5) is 2.35. The molecule has 0 saturated carbocycles. The van der Waals surface area contributed by atoms with E-state index in [1.807, 2.05) is 0 Å². The smallest absolute Gasteiger partial charge is 0.0457 e. The molecule has 0 aliphatic heterocycles. The molecule has 0 fully saturated rings. The monoisotopic (exact) mass is 332 g/mol. The third-order valence-electron chi connectivity index (χ3n) is 3.28. The molecule has 0 radical (unpaired) electrons. The van der Waals surface area contributed by atoms with Gasteiger partial charge in [0.1, 0.15) is 0 Å². The van der Waals surface area contributed by atoms with E-state index >= 15 is 0 Å². The fourth-order valence-corrected chi connectivity index (χ4v) is 2.73. The van der Waals surface area contributed by atoms with Crippen molar-refractivity contribution in [2.45, 2.75) is 20.4 Å². The maximum Gasteiger partial charge on any atom is 0.0457 e. The van der Waals surface area contributed by atoms with E-state index in [0.29, 0.717) is 0 Å². The molecule has 0 bridgehead atoms. The lowest BCUT2D eigenvalue weighted by Gasteiger charge is -2.26. The van der Waals surface area contributed by atoms with Gasteiger partial charge < -0.3 is 10.2 Å². The van der Waals surface area contributed by atoms with Gasteiger partial charge in [-0.2, -0.15) is 0 Å². The standard InChI is InChI=1S/C17H21BrN2/c1-3-19-13-14-12-15(18)10-11-17(14)20(4-2)16-8-6-5-7-9-16/h5-12,19H,3-4,13H2,1-2H3. The van der Waals surface area contributed by atoms with E-state index < -0.39 is 0 Å². The molecule has 0 unspecified atom stereocenters. The molecular formula is C17H21BrN2. The molecule has 106 valence electrons. The van der Waals surface area contributed by atoms with Crippen molar-refractivity contribution in [2.75, 3.05) is 18.0 Å². The highest BCUT2D eigenvalue weighted by Crippen LogP contribution is 2.30. The van der Waals surface area contributed by atoms with Crippen LogP contribution in [0.1, 0.15) is 19.4 Å². The number of hydrogen-bond donors (Lipinski definition) is 1. The van der Waals surface area contributed by atoms with E-state index in [0.717, 1.165) is 24.1 Å². The van der Waals surface area contributed by atoms with E-state index in [1.165, 1.54) is 16.9 Å². The van der Waals surface area contributed by atoms with E-state index in [2.05, 4.69) is 88.5 Å². The van der Waals surface area contributed by atoms with Crippen LogP contribution in [0.3, 0.4) is 0 Å². The van der Waals surface area contributed by atoms with Crippen LogP contribution in [0.5, 0.6) is 0 Å². The van der Waals surface area contributed by atoms with Crippen molar-refractivity contribution in [1.82, 2.24) is 5.32 Å². The summed E-state index contributed by atoms with van der Waals surface area (Å²) in [6.45, 7) is 7.13. The van der Waals surface area contributed by atoms with Crippen molar-refractivity contribution >= 4 is 27.3 Å². The Morgan fingerprint density at radius 2 is 1.80 bits per heavy atom. The Balaban J connectivity index is 2.38. The van der Waals surface area contributed by atoms with Crippen molar-refractivity contribution in [3.63, 3.8) is 0 Å². The van der Waals surface area contributed by atoms with Gasteiger partial charge in [0, 0.05) is 28.9 Å². The minimum Gasteiger partial charge on any atom is -0.342 e. The molecule has 2 rings (SSSR count). The fraction of sp³-hybridized carbons (Fsp3) is 0.294. The number of nitrogens with one attached hydrogen (secondary N) is 1. The third-order valence-corrected chi connectivity index (χ3v) is 3.78. The summed E-state index contributed by atoms with van der Waals surface area (Å²) in [5, 5.41) is 3.42. The predicted octanol–water partition coefficient (Wildman–Crippen LogP) is 4.72. The lowest BCUT2D eigenvalue weighted by molar-refractivity contribution is 0.725. The van der Waals surface area contributed by atoms with Crippen LogP contribution in [-0.4, -0.2) is 13.1 Å². The van der Waals surface area contributed by atoms with E-state index in [-0.39, 0.29) is 0 Å². The summed E-state index contributed by atoms with van der Waals surface area (Å²) in [7, 11) is 0. The number of benzene rings is 2. The SMILES string of the molecule is CCNCc1cc(Br)ccc1N(CC)c1ccccc1. The van der Waals surface area contributed by atoms with Crippen LogP contribution in [0.4, 0.5) is 11.4 Å². The maximum absolute atomic E-state index is 3.57. The zero-order chi connectivity index (χ0) is 14.4. The first-order valence-electron chi connectivity index (χ1n) is 7.08. The van der Waals surface area contributed by atoms with Crippen LogP contribution in [0.15, 0.2) is 53.0 Å². The highest BCUT2D eigenvalue weighted by atomic mass is 79.9. The van der Waals surface area contributed by atoms with Crippen molar-refractivity contribution in [2.24, 2.45) is 0 Å². The third kappa shape index (κ3) is 3.62. The van der Waals surface area contributed by atoms with Crippen molar-refractivity contribution in [3.05, 3.63) is 58.6 Å². The summed E-state index contributed by atoms with van der Waals surface area (Å²) in [5.74, 6) is 0. The molecule has 0 heterocycles. The predicted molar refractivity (Wildman–Crippen MR) is 90.6 cm³/mol. The summed E-state index contributed by atoms with van der Waals surface area (Å²) in [6.07, 6.45) is 0. The summed E-state index contributed by atoms with van der Waals surface area (Å²) in [6, 6.07) is 17.0. The molecule has 0 amide bonds. The van der Waals surface area contributed by atoms with Crippen LogP contribution in [-0.2, 0) is 6.54 Å². The van der Waals surface area contributed by atoms with Gasteiger partial charge in [0.15, 0.2) is 0 Å². The Kier molecular flexibility index (Phi) is 5.62. The van der Waals surface area contributed by atoms with Gasteiger partial charge in [-0.3, -0.25) is 0 Å². The second kappa shape index (κ2) is 7.46. The van der Waals surface area contributed by atoms with Gasteiger partial charge >= 0.3 is 0 Å². The number of nitrogens with zero attached hydrogens (tertiary/aromatic N) is 1. The van der Waals surface area contributed by atoms with Gasteiger partial charge in [-0.25, -0.2) is 0 Å². The Morgan fingerprint density at radius 3 is 2.45 bits per heavy atom. The van der Waals surface area contributed by atoms with Gasteiger partial charge in [-0.05, 0) is 49.4 Å². The van der Waals surface area contributed by atoms with E-state index in [9.17, 15) is 0 Å². The number of para-hydroxylation sites is 1. The molecule has 0 aliphatic carbocycles. The van der Waals surface area contributed by atoms with Crippen LogP contribution < -0.4 is 10.2 Å². The average Bonchev–Trinajstić information content (AvgIpc) is 2.49. The highest BCUT2D eigenvalue weighted by molar-refractivity contribution is 9.10. The van der Waals surface area contributed by atoms with Gasteiger partial charge in [0.05, 0.1) is 0 Å². The molecule has 20 heavy (non-hydrogen) atoms. The lowest BCUT2D eigenvalue weighted by Crippen LogP contribution is -2.20. The molecule has 0 spiro atoms. The number of halogens is 1. The molecule has 0 saturated heterocycles. The minimum atomic E-state index is 0.884. The maximum atomic E-state index is 3.57. The van der Waals surface area contributed by atoms with E-state index in [1.54, 1.807) is 0 Å². The van der Waals surface area contributed by atoms with Crippen LogP contribution in [0.2, 0.25) is 0 Å². The summed E-state index contributed by atoms with van der Waals surface area (Å²) in [5.41, 5.74) is 3.81. The van der Waals surface area contributed by atoms with Gasteiger partial charge in [-0.1, -0.05) is 41.1 Å². The van der Waals surface area contributed by atoms with Crippen molar-refractivity contribution < 1.29 is 0 Å². The average molecular weight is 333 g/mol. The lowest BCUT2D eigenvalue weighted by atomic mass is 10.1. The quantitative estimate of drug-likeness (QED) is 0.823. The van der Waals surface area contributed by atoms with E-state index in [4.69, 9.17) is 0 Å². The molecule has 1 N–H and O–H groups in total. The Hall–Kier alpha value is -1.32. The van der Waals surface area contributed by atoms with Crippen LogP contribution in [0.25, 0.3) is 0 Å². The van der Waals surface area contributed by atoms with Crippen molar-refractivity contribution in [3.8, 4) is 0 Å². The Labute approximate surface area is 129 Å². The topological polar surface area (TPSA) is 15.3 Å². The highest BCUT2D eigenvalue weighted by Gasteiger charge is 2.11. The van der Waals surface area contributed by atoms with Crippen molar-refractivity contribution in [1.29, 1.82) is 0 Å². The molecule has 0 aliphatic rings. The number of rotatable bonds is 6. The van der Waals surface area contributed by atoms with Crippen LogP contribution in [0, 0.1) is 0 Å². The largest absolute Gasteiger partial charge is 0.342 e. The molecule has 2 aromatic rings. The first-order valence-corrected chi connectivity index (χ1v) is 7.87. The normalized spacial score (nSPS) is 10.6. The van der Waals surface area contributed by atoms with Gasteiger partial charge in [0.2, 0.25) is 0 Å². The summed E-state index contributed by atoms with van der Waals surface area (Å²) < 4.78 is 1.12. The first kappa shape index (κ1) is 15.1. The first-order chi connectivity index (χ1) is 9.76. The summed E-state index contributed by atoms with van der Waals surface area (Å²) >= 11 is 3.57. The molecule has 2 nitrogen and oxygen atoms in total. The van der Waals surface area contributed by atoms with Gasteiger partial charge in [-0.15, -0.1) is 0 Å². The minimum absolute atomic E-state index is 0.884. The Morgan fingerprint density at radius 1 is 1.05 bits per heavy atom. The Bertz CT molecular complexity index is 540. The molecule has 0 aromatic heterocycles. The number of hydrogen-bond acceptors (Lipinski definition) is 2. The molecule has 2 aromatic carbocycles. The zero-order valence-electron chi connectivity index (χ0n) is 12.1. The molecular weight excluding hydrogens is 312 g/mol. The molecule has 0 atom stereocenters. The molecule has 3 heteroatoms. The zero-order valence-corrected chi connectivity index (χ0v) is 13.7. The number of anilines is 2.